The Morgan fingerprint density at radius 3 is 2.85 bits per heavy atom. The van der Waals surface area contributed by atoms with E-state index >= 15 is 0 Å². The van der Waals surface area contributed by atoms with E-state index in [2.05, 4.69) is 26.6 Å². The van der Waals surface area contributed by atoms with Crippen LogP contribution < -0.4 is 5.32 Å². The molecule has 0 unspecified atom stereocenters. The molecule has 7 nitrogen and oxygen atoms in total. The van der Waals surface area contributed by atoms with Gasteiger partial charge in [0.25, 0.3) is 5.91 Å². The maximum atomic E-state index is 12.8. The number of benzene rings is 1. The molecule has 0 radical (unpaired) electrons. The fourth-order valence-corrected chi connectivity index (χ4v) is 2.78. The summed E-state index contributed by atoms with van der Waals surface area (Å²) in [5, 5.41) is 11.8. The fourth-order valence-electron chi connectivity index (χ4n) is 2.58. The normalized spacial score (nSPS) is 10.9. The second-order valence-electron chi connectivity index (χ2n) is 5.80. The molecule has 0 aliphatic carbocycles. The first-order valence-electron chi connectivity index (χ1n) is 8.12. The van der Waals surface area contributed by atoms with Gasteiger partial charge in [0.05, 0.1) is 22.6 Å². The highest BCUT2D eigenvalue weighted by Crippen LogP contribution is 2.26. The van der Waals surface area contributed by atoms with Gasteiger partial charge in [0.1, 0.15) is 11.4 Å². The maximum absolute atomic E-state index is 12.8. The van der Waals surface area contributed by atoms with Gasteiger partial charge in [-0.2, -0.15) is 14.9 Å². The summed E-state index contributed by atoms with van der Waals surface area (Å²) in [6.07, 6.45) is 8.32. The molecule has 136 valence electrons. The molecular weight excluding hydrogens is 364 g/mol. The minimum Gasteiger partial charge on any atom is -0.306 e. The Bertz CT molecular complexity index is 1090. The van der Waals surface area contributed by atoms with E-state index in [1.165, 1.54) is 10.9 Å². The number of anilines is 1. The van der Waals surface area contributed by atoms with Crippen LogP contribution in [-0.4, -0.2) is 31.7 Å². The van der Waals surface area contributed by atoms with E-state index in [0.717, 1.165) is 11.3 Å². The molecule has 27 heavy (non-hydrogen) atoms. The van der Waals surface area contributed by atoms with Crippen molar-refractivity contribution in [3.05, 3.63) is 52.3 Å². The number of aliphatic imine (C=N–C) groups is 1. The molecule has 1 amide bonds. The van der Waals surface area contributed by atoms with Gasteiger partial charge in [0.2, 0.25) is 0 Å². The Morgan fingerprint density at radius 2 is 2.15 bits per heavy atom. The van der Waals surface area contributed by atoms with Crippen molar-refractivity contribution in [1.82, 2.24) is 19.6 Å². The van der Waals surface area contributed by atoms with Gasteiger partial charge in [-0.3, -0.25) is 4.79 Å². The van der Waals surface area contributed by atoms with Crippen LogP contribution in [0, 0.1) is 26.3 Å². The van der Waals surface area contributed by atoms with Crippen LogP contribution in [-0.2, 0) is 0 Å². The third-order valence-corrected chi connectivity index (χ3v) is 4.08. The minimum absolute atomic E-state index is 0.256. The summed E-state index contributed by atoms with van der Waals surface area (Å²) in [6.45, 7) is 5.52. The third kappa shape index (κ3) is 3.61. The Kier molecular flexibility index (Phi) is 5.10. The largest absolute Gasteiger partial charge is 0.306 e. The van der Waals surface area contributed by atoms with E-state index in [1.54, 1.807) is 30.0 Å². The smallest absolute Gasteiger partial charge is 0.262 e. The van der Waals surface area contributed by atoms with Crippen molar-refractivity contribution in [2.75, 3.05) is 5.32 Å². The van der Waals surface area contributed by atoms with Crippen molar-refractivity contribution in [3.63, 3.8) is 0 Å². The minimum atomic E-state index is -0.401. The van der Waals surface area contributed by atoms with Crippen molar-refractivity contribution < 1.29 is 4.79 Å². The first-order chi connectivity index (χ1) is 12.9. The van der Waals surface area contributed by atoms with Gasteiger partial charge < -0.3 is 5.32 Å². The fraction of sp³-hybridized carbons (Fsp3) is 0.158. The number of nitrogens with zero attached hydrogens (tertiary/aromatic N) is 5. The van der Waals surface area contributed by atoms with Crippen molar-refractivity contribution in [2.45, 2.75) is 20.8 Å². The van der Waals surface area contributed by atoms with Crippen LogP contribution >= 0.6 is 11.6 Å². The highest BCUT2D eigenvalue weighted by atomic mass is 35.5. The highest BCUT2D eigenvalue weighted by molar-refractivity contribution is 6.32. The number of halogens is 1. The Labute approximate surface area is 161 Å². The predicted octanol–water partition coefficient (Wildman–Crippen LogP) is 3.75. The number of rotatable bonds is 4. The number of hydrogen-bond acceptors (Lipinski definition) is 4. The van der Waals surface area contributed by atoms with Crippen LogP contribution in [0.15, 0.2) is 35.5 Å². The standard InChI is InChI=1S/C19H17ClN6O/c1-5-21-18-14(11-22-25(18)6-2)19(27)23-17-10-13(4)24-26(17)16-9-12(3)7-8-15(16)20/h2,5,7-11H,1,3-4H3,(H,23,27)/b21-5-. The first-order valence-corrected chi connectivity index (χ1v) is 8.50. The maximum Gasteiger partial charge on any atom is 0.262 e. The van der Waals surface area contributed by atoms with E-state index in [0.29, 0.717) is 16.5 Å². The summed E-state index contributed by atoms with van der Waals surface area (Å²) >= 11 is 6.33. The van der Waals surface area contributed by atoms with Crippen LogP contribution in [0.5, 0.6) is 0 Å². The topological polar surface area (TPSA) is 77.1 Å². The van der Waals surface area contributed by atoms with Crippen LogP contribution in [0.25, 0.3) is 5.69 Å². The van der Waals surface area contributed by atoms with E-state index < -0.39 is 5.91 Å². The molecule has 8 heteroatoms. The van der Waals surface area contributed by atoms with Gasteiger partial charge >= 0.3 is 0 Å². The number of hydrogen-bond donors (Lipinski definition) is 1. The van der Waals surface area contributed by atoms with Crippen molar-refractivity contribution in [2.24, 2.45) is 4.99 Å². The molecule has 0 saturated carbocycles. The lowest BCUT2D eigenvalue weighted by molar-refractivity contribution is 0.102. The zero-order valence-corrected chi connectivity index (χ0v) is 15.8. The number of terminal acetylenes is 1. The predicted molar refractivity (Wildman–Crippen MR) is 106 cm³/mol. The van der Waals surface area contributed by atoms with Gasteiger partial charge in [-0.25, -0.2) is 9.67 Å². The highest BCUT2D eigenvalue weighted by Gasteiger charge is 2.19. The van der Waals surface area contributed by atoms with Gasteiger partial charge in [0.15, 0.2) is 5.82 Å². The van der Waals surface area contributed by atoms with Gasteiger partial charge in [-0.15, -0.1) is 0 Å². The van der Waals surface area contributed by atoms with E-state index in [9.17, 15) is 4.79 Å². The second-order valence-corrected chi connectivity index (χ2v) is 6.21. The monoisotopic (exact) mass is 380 g/mol. The lowest BCUT2D eigenvalue weighted by Crippen LogP contribution is -2.15. The molecule has 1 N–H and O–H groups in total. The molecule has 0 fully saturated rings. The summed E-state index contributed by atoms with van der Waals surface area (Å²) in [5.41, 5.74) is 2.68. The summed E-state index contributed by atoms with van der Waals surface area (Å²) in [4.78, 5) is 16.9. The van der Waals surface area contributed by atoms with Gasteiger partial charge in [-0.1, -0.05) is 24.1 Å². The molecule has 0 aliphatic rings. The number of carbonyl (C=O) groups is 1. The van der Waals surface area contributed by atoms with E-state index in [1.807, 2.05) is 26.0 Å². The van der Waals surface area contributed by atoms with Crippen LogP contribution in [0.3, 0.4) is 0 Å². The molecular formula is C19H17ClN6O. The zero-order chi connectivity index (χ0) is 19.6. The van der Waals surface area contributed by atoms with Crippen LogP contribution in [0.1, 0.15) is 28.5 Å². The number of aryl methyl sites for hydroxylation is 2. The molecule has 3 rings (SSSR count). The Balaban J connectivity index is 2.01. The summed E-state index contributed by atoms with van der Waals surface area (Å²) in [5.74, 6) is 0.362. The quantitative estimate of drug-likeness (QED) is 0.553. The molecule has 0 saturated heterocycles. The van der Waals surface area contributed by atoms with Crippen molar-refractivity contribution >= 4 is 35.4 Å². The number of carbonyl (C=O) groups excluding carboxylic acids is 1. The summed E-state index contributed by atoms with van der Waals surface area (Å²) in [6, 6.07) is 9.70. The number of aromatic nitrogens is 4. The van der Waals surface area contributed by atoms with Crippen molar-refractivity contribution in [1.29, 1.82) is 0 Å². The van der Waals surface area contributed by atoms with Gasteiger partial charge in [-0.05, 0) is 38.5 Å². The molecule has 0 atom stereocenters. The second kappa shape index (κ2) is 7.48. The van der Waals surface area contributed by atoms with Gasteiger partial charge in [0, 0.05) is 18.3 Å². The molecule has 0 bridgehead atoms. The molecule has 1 aromatic carbocycles. The molecule has 0 aliphatic heterocycles. The lowest BCUT2D eigenvalue weighted by Gasteiger charge is -2.11. The first kappa shape index (κ1) is 18.4. The lowest BCUT2D eigenvalue weighted by atomic mass is 10.2. The molecule has 3 aromatic rings. The summed E-state index contributed by atoms with van der Waals surface area (Å²) < 4.78 is 2.80. The summed E-state index contributed by atoms with van der Waals surface area (Å²) in [7, 11) is 0. The number of nitrogens with one attached hydrogen (secondary N) is 1. The SMILES string of the molecule is C#Cn1ncc(C(=O)Nc2cc(C)nn2-c2cc(C)ccc2Cl)c1/N=C\C. The molecule has 2 heterocycles. The Morgan fingerprint density at radius 1 is 1.37 bits per heavy atom. The third-order valence-electron chi connectivity index (χ3n) is 3.77. The van der Waals surface area contributed by atoms with Crippen molar-refractivity contribution in [3.8, 4) is 18.2 Å². The van der Waals surface area contributed by atoms with Crippen LogP contribution in [0.4, 0.5) is 11.6 Å². The molecule has 0 spiro atoms. The molecule has 2 aromatic heterocycles. The average Bonchev–Trinajstić information content (AvgIpc) is 3.20. The van der Waals surface area contributed by atoms with Crippen LogP contribution in [0.2, 0.25) is 5.02 Å². The number of amides is 1. The van der Waals surface area contributed by atoms with E-state index in [-0.39, 0.29) is 11.4 Å². The zero-order valence-electron chi connectivity index (χ0n) is 15.1. The van der Waals surface area contributed by atoms with E-state index in [4.69, 9.17) is 18.0 Å². The average molecular weight is 381 g/mol. The Hall–Kier alpha value is -3.37.